The standard InChI is InChI=1S/C21H28F3N5O3S/c1-11(2)28-10-27(5)7-14-16(18(30)29-8-20(4,31)9-32-29)15(33-19(14)28)6-13-12(3)25-26-17(13)21(22,23)24/h11,31H,6-10H2,1-5H3,(H,25,26)/t20-/m0/s1. The van der Waals surface area contributed by atoms with Crippen LogP contribution in [0.15, 0.2) is 0 Å². The minimum absolute atomic E-state index is 0.0157. The first-order valence-corrected chi connectivity index (χ1v) is 11.5. The van der Waals surface area contributed by atoms with Crippen molar-refractivity contribution < 1.29 is 27.9 Å². The van der Waals surface area contributed by atoms with Gasteiger partial charge in [-0.1, -0.05) is 0 Å². The van der Waals surface area contributed by atoms with Crippen molar-refractivity contribution in [2.45, 2.75) is 58.5 Å². The minimum Gasteiger partial charge on any atom is -0.386 e. The number of aryl methyl sites for hydroxylation is 1. The van der Waals surface area contributed by atoms with E-state index in [1.807, 2.05) is 20.9 Å². The number of nitrogens with zero attached hydrogens (tertiary/aromatic N) is 4. The molecule has 1 atom stereocenters. The van der Waals surface area contributed by atoms with Gasteiger partial charge < -0.3 is 10.0 Å². The van der Waals surface area contributed by atoms with E-state index in [0.717, 1.165) is 15.6 Å². The van der Waals surface area contributed by atoms with Gasteiger partial charge in [-0.05, 0) is 34.7 Å². The summed E-state index contributed by atoms with van der Waals surface area (Å²) in [7, 11) is 1.93. The molecule has 4 heterocycles. The second kappa shape index (κ2) is 8.26. The lowest BCUT2D eigenvalue weighted by atomic mass is 10.0. The number of hydrogen-bond acceptors (Lipinski definition) is 7. The molecule has 2 N–H and O–H groups in total. The predicted molar refractivity (Wildman–Crippen MR) is 117 cm³/mol. The molecule has 0 aromatic carbocycles. The maximum absolute atomic E-state index is 13.6. The number of aromatic nitrogens is 2. The highest BCUT2D eigenvalue weighted by Crippen LogP contribution is 2.43. The molecule has 0 spiro atoms. The number of hydroxylamine groups is 2. The zero-order valence-electron chi connectivity index (χ0n) is 19.2. The summed E-state index contributed by atoms with van der Waals surface area (Å²) >= 11 is 1.34. The summed E-state index contributed by atoms with van der Waals surface area (Å²) < 4.78 is 40.8. The Hall–Kier alpha value is -2.15. The average Bonchev–Trinajstić information content (AvgIpc) is 3.35. The fraction of sp³-hybridized carbons (Fsp3) is 0.619. The number of amides is 1. The van der Waals surface area contributed by atoms with Gasteiger partial charge in [0.2, 0.25) is 0 Å². The highest BCUT2D eigenvalue weighted by molar-refractivity contribution is 7.16. The number of rotatable bonds is 4. The molecule has 0 saturated carbocycles. The molecule has 2 aromatic heterocycles. The van der Waals surface area contributed by atoms with Crippen LogP contribution in [-0.4, -0.2) is 69.7 Å². The van der Waals surface area contributed by atoms with Gasteiger partial charge in [0, 0.05) is 40.7 Å². The molecule has 2 aliphatic heterocycles. The first-order valence-electron chi connectivity index (χ1n) is 10.7. The number of carbonyl (C=O) groups is 1. The van der Waals surface area contributed by atoms with E-state index in [1.54, 1.807) is 13.8 Å². The number of alkyl halides is 3. The summed E-state index contributed by atoms with van der Waals surface area (Å²) in [6.45, 7) is 8.27. The van der Waals surface area contributed by atoms with E-state index in [9.17, 15) is 23.1 Å². The lowest BCUT2D eigenvalue weighted by Gasteiger charge is -2.37. The molecule has 4 rings (SSSR count). The van der Waals surface area contributed by atoms with Gasteiger partial charge in [-0.25, -0.2) is 5.06 Å². The lowest BCUT2D eigenvalue weighted by Crippen LogP contribution is -2.44. The first-order chi connectivity index (χ1) is 15.3. The fourth-order valence-corrected chi connectivity index (χ4v) is 5.67. The van der Waals surface area contributed by atoms with Crippen LogP contribution in [0, 0.1) is 6.92 Å². The number of hydrogen-bond donors (Lipinski definition) is 2. The minimum atomic E-state index is -4.61. The molecular formula is C21H28F3N5O3S. The molecule has 12 heteroatoms. The second-order valence-corrected chi connectivity index (χ2v) is 10.4. The fourth-order valence-electron chi connectivity index (χ4n) is 4.23. The van der Waals surface area contributed by atoms with Crippen LogP contribution in [0.1, 0.15) is 58.5 Å². The van der Waals surface area contributed by atoms with E-state index >= 15 is 0 Å². The van der Waals surface area contributed by atoms with Crippen LogP contribution in [0.4, 0.5) is 18.2 Å². The third-order valence-corrected chi connectivity index (χ3v) is 7.17. The van der Waals surface area contributed by atoms with Crippen molar-refractivity contribution in [2.24, 2.45) is 0 Å². The number of β-amino-alcohol motifs (C(OH)–C–C–N with tert-alkyl or cyclic N) is 1. The van der Waals surface area contributed by atoms with Crippen molar-refractivity contribution in [2.75, 3.05) is 31.8 Å². The Balaban J connectivity index is 1.83. The van der Waals surface area contributed by atoms with Gasteiger partial charge in [0.1, 0.15) is 12.2 Å². The Morgan fingerprint density at radius 2 is 2.09 bits per heavy atom. The molecule has 1 saturated heterocycles. The van der Waals surface area contributed by atoms with Crippen molar-refractivity contribution in [3.8, 4) is 0 Å². The summed E-state index contributed by atoms with van der Waals surface area (Å²) in [6, 6.07) is 0.131. The second-order valence-electron chi connectivity index (χ2n) is 9.37. The van der Waals surface area contributed by atoms with E-state index in [-0.39, 0.29) is 31.2 Å². The van der Waals surface area contributed by atoms with Crippen molar-refractivity contribution in [1.29, 1.82) is 0 Å². The van der Waals surface area contributed by atoms with Gasteiger partial charge >= 0.3 is 6.18 Å². The van der Waals surface area contributed by atoms with E-state index in [1.165, 1.54) is 11.3 Å². The summed E-state index contributed by atoms with van der Waals surface area (Å²) in [5.74, 6) is -0.450. The topological polar surface area (TPSA) is 84.9 Å². The quantitative estimate of drug-likeness (QED) is 0.690. The largest absolute Gasteiger partial charge is 0.435 e. The maximum Gasteiger partial charge on any atom is 0.435 e. The molecule has 1 amide bonds. The van der Waals surface area contributed by atoms with Crippen LogP contribution in [-0.2, 0) is 24.0 Å². The van der Waals surface area contributed by atoms with E-state index < -0.39 is 23.4 Å². The molecule has 2 aliphatic rings. The van der Waals surface area contributed by atoms with E-state index in [4.69, 9.17) is 4.84 Å². The Bertz CT molecular complexity index is 1060. The normalized spacial score (nSPS) is 21.9. The maximum atomic E-state index is 13.6. The molecular weight excluding hydrogens is 459 g/mol. The molecule has 8 nitrogen and oxygen atoms in total. The highest BCUT2D eigenvalue weighted by atomic mass is 32.1. The van der Waals surface area contributed by atoms with Gasteiger partial charge in [0.15, 0.2) is 5.69 Å². The average molecular weight is 488 g/mol. The number of nitrogens with one attached hydrogen (secondary N) is 1. The summed E-state index contributed by atoms with van der Waals surface area (Å²) in [5, 5.41) is 18.2. The Labute approximate surface area is 193 Å². The first kappa shape index (κ1) is 24.0. The predicted octanol–water partition coefficient (Wildman–Crippen LogP) is 3.15. The number of aromatic amines is 1. The molecule has 182 valence electrons. The van der Waals surface area contributed by atoms with Gasteiger partial charge in [-0.3, -0.25) is 19.6 Å². The van der Waals surface area contributed by atoms with Crippen LogP contribution in [0.2, 0.25) is 0 Å². The lowest BCUT2D eigenvalue weighted by molar-refractivity contribution is -0.141. The van der Waals surface area contributed by atoms with Crippen molar-refractivity contribution >= 4 is 22.2 Å². The van der Waals surface area contributed by atoms with Crippen molar-refractivity contribution in [3.63, 3.8) is 0 Å². The number of thiophene rings is 1. The Morgan fingerprint density at radius 3 is 2.67 bits per heavy atom. The van der Waals surface area contributed by atoms with Gasteiger partial charge in [0.25, 0.3) is 5.91 Å². The molecule has 0 bridgehead atoms. The SMILES string of the molecule is Cc1[nH]nc(C(F)(F)F)c1Cc1sc2c(c1C(=O)N1C[C@](C)(O)CO1)CN(C)CN2C(C)C. The van der Waals surface area contributed by atoms with Crippen molar-refractivity contribution in [1.82, 2.24) is 20.2 Å². The van der Waals surface area contributed by atoms with Crippen LogP contribution >= 0.6 is 11.3 Å². The number of anilines is 1. The summed E-state index contributed by atoms with van der Waals surface area (Å²) in [6.07, 6.45) is -4.70. The number of carbonyl (C=O) groups excluding carboxylic acids is 1. The Morgan fingerprint density at radius 1 is 1.39 bits per heavy atom. The molecule has 33 heavy (non-hydrogen) atoms. The number of aliphatic hydroxyl groups is 1. The molecule has 1 fully saturated rings. The van der Waals surface area contributed by atoms with Crippen molar-refractivity contribution in [3.05, 3.63) is 33.0 Å². The number of fused-ring (bicyclic) bond motifs is 1. The van der Waals surface area contributed by atoms with Crippen LogP contribution in [0.5, 0.6) is 0 Å². The van der Waals surface area contributed by atoms with Gasteiger partial charge in [-0.15, -0.1) is 11.3 Å². The third-order valence-electron chi connectivity index (χ3n) is 5.90. The van der Waals surface area contributed by atoms with Crippen LogP contribution < -0.4 is 4.90 Å². The number of halogens is 3. The smallest absolute Gasteiger partial charge is 0.386 e. The Kier molecular flexibility index (Phi) is 6.00. The molecule has 0 unspecified atom stereocenters. The van der Waals surface area contributed by atoms with Crippen LogP contribution in [0.25, 0.3) is 0 Å². The van der Waals surface area contributed by atoms with E-state index in [0.29, 0.717) is 29.3 Å². The zero-order chi connectivity index (χ0) is 24.3. The van der Waals surface area contributed by atoms with Crippen LogP contribution in [0.3, 0.4) is 0 Å². The number of H-pyrrole nitrogens is 1. The summed E-state index contributed by atoms with van der Waals surface area (Å²) in [5.41, 5.74) is -0.704. The van der Waals surface area contributed by atoms with Gasteiger partial charge in [0.05, 0.1) is 23.8 Å². The molecule has 2 aromatic rings. The molecule has 0 radical (unpaired) electrons. The molecule has 0 aliphatic carbocycles. The third kappa shape index (κ3) is 4.48. The monoisotopic (exact) mass is 487 g/mol. The zero-order valence-corrected chi connectivity index (χ0v) is 20.0. The highest BCUT2D eigenvalue weighted by Gasteiger charge is 2.42. The van der Waals surface area contributed by atoms with Gasteiger partial charge in [-0.2, -0.15) is 18.3 Å². The van der Waals surface area contributed by atoms with E-state index in [2.05, 4.69) is 20.0 Å². The summed E-state index contributed by atoms with van der Waals surface area (Å²) in [4.78, 5) is 23.7.